The molecule has 4 nitrogen and oxygen atoms in total. The number of rotatable bonds is 4. The Balaban J connectivity index is 3.25. The first kappa shape index (κ1) is 14.7. The molecule has 0 unspecified atom stereocenters. The molecule has 100 valence electrons. The van der Waals surface area contributed by atoms with E-state index in [1.807, 2.05) is 20.8 Å². The molecule has 1 rings (SSSR count). The SMILES string of the molecule is C=CCN(C(C)(C)C)S(=O)(=O)c1ccc(O)cc1. The number of phenols is 1. The van der Waals surface area contributed by atoms with Crippen LogP contribution >= 0.6 is 0 Å². The number of nitrogens with zero attached hydrogens (tertiary/aromatic N) is 1. The zero-order chi connectivity index (χ0) is 14.0. The number of benzene rings is 1. The van der Waals surface area contributed by atoms with Crippen LogP contribution < -0.4 is 0 Å². The van der Waals surface area contributed by atoms with Crippen LogP contribution in [0.15, 0.2) is 41.8 Å². The summed E-state index contributed by atoms with van der Waals surface area (Å²) in [4.78, 5) is 0.164. The molecule has 0 atom stereocenters. The number of hydrogen-bond acceptors (Lipinski definition) is 3. The summed E-state index contributed by atoms with van der Waals surface area (Å²) in [5.74, 6) is 0.0416. The summed E-state index contributed by atoms with van der Waals surface area (Å²) in [6.45, 7) is 9.32. The minimum Gasteiger partial charge on any atom is -0.508 e. The van der Waals surface area contributed by atoms with Crippen molar-refractivity contribution in [3.63, 3.8) is 0 Å². The van der Waals surface area contributed by atoms with E-state index in [0.29, 0.717) is 0 Å². The number of sulfonamides is 1. The summed E-state index contributed by atoms with van der Waals surface area (Å²) in [5.41, 5.74) is -0.537. The van der Waals surface area contributed by atoms with Crippen molar-refractivity contribution in [3.8, 4) is 5.75 Å². The van der Waals surface area contributed by atoms with Crippen LogP contribution in [0.1, 0.15) is 20.8 Å². The second-order valence-corrected chi connectivity index (χ2v) is 6.85. The van der Waals surface area contributed by atoms with Crippen LogP contribution in [0, 0.1) is 0 Å². The standard InChI is InChI=1S/C13H19NO3S/c1-5-10-14(13(2,3)4)18(16,17)12-8-6-11(15)7-9-12/h5-9,15H,1,10H2,2-4H3. The van der Waals surface area contributed by atoms with E-state index in [4.69, 9.17) is 0 Å². The monoisotopic (exact) mass is 269 g/mol. The molecule has 0 saturated carbocycles. The van der Waals surface area contributed by atoms with Gasteiger partial charge in [0.2, 0.25) is 10.0 Å². The molecule has 1 N–H and O–H groups in total. The summed E-state index contributed by atoms with van der Waals surface area (Å²) in [7, 11) is -3.59. The molecular weight excluding hydrogens is 250 g/mol. The third kappa shape index (κ3) is 3.11. The van der Waals surface area contributed by atoms with Gasteiger partial charge in [-0.05, 0) is 45.0 Å². The molecule has 0 spiro atoms. The van der Waals surface area contributed by atoms with Gasteiger partial charge in [-0.3, -0.25) is 0 Å². The maximum absolute atomic E-state index is 12.5. The first-order valence-corrected chi connectivity index (χ1v) is 7.06. The maximum atomic E-state index is 12.5. The van der Waals surface area contributed by atoms with Crippen LogP contribution in [-0.2, 0) is 10.0 Å². The fourth-order valence-electron chi connectivity index (χ4n) is 1.60. The smallest absolute Gasteiger partial charge is 0.243 e. The lowest BCUT2D eigenvalue weighted by atomic mass is 10.1. The van der Waals surface area contributed by atoms with Crippen molar-refractivity contribution in [3.05, 3.63) is 36.9 Å². The van der Waals surface area contributed by atoms with Gasteiger partial charge in [-0.15, -0.1) is 6.58 Å². The Morgan fingerprint density at radius 1 is 1.28 bits per heavy atom. The lowest BCUT2D eigenvalue weighted by Gasteiger charge is -2.33. The van der Waals surface area contributed by atoms with Gasteiger partial charge in [0.05, 0.1) is 4.90 Å². The molecule has 18 heavy (non-hydrogen) atoms. The molecule has 0 saturated heterocycles. The van der Waals surface area contributed by atoms with Gasteiger partial charge in [-0.1, -0.05) is 6.08 Å². The van der Waals surface area contributed by atoms with E-state index in [2.05, 4.69) is 6.58 Å². The van der Waals surface area contributed by atoms with Crippen molar-refractivity contribution < 1.29 is 13.5 Å². The van der Waals surface area contributed by atoms with Crippen molar-refractivity contribution in [2.24, 2.45) is 0 Å². The Morgan fingerprint density at radius 2 is 1.78 bits per heavy atom. The summed E-state index contributed by atoms with van der Waals surface area (Å²) < 4.78 is 26.3. The molecule has 1 aromatic carbocycles. The highest BCUT2D eigenvalue weighted by atomic mass is 32.2. The molecule has 0 aliphatic rings. The van der Waals surface area contributed by atoms with Crippen molar-refractivity contribution in [2.75, 3.05) is 6.54 Å². The Labute approximate surface area is 109 Å². The summed E-state index contributed by atoms with van der Waals surface area (Å²) >= 11 is 0. The maximum Gasteiger partial charge on any atom is 0.243 e. The number of phenolic OH excluding ortho intramolecular Hbond substituents is 1. The lowest BCUT2D eigenvalue weighted by Crippen LogP contribution is -2.45. The molecule has 0 bridgehead atoms. The van der Waals surface area contributed by atoms with E-state index in [0.717, 1.165) is 0 Å². The summed E-state index contributed by atoms with van der Waals surface area (Å²) in [6.07, 6.45) is 1.56. The summed E-state index contributed by atoms with van der Waals surface area (Å²) in [5, 5.41) is 9.20. The fraction of sp³-hybridized carbons (Fsp3) is 0.385. The van der Waals surface area contributed by atoms with Gasteiger partial charge in [0, 0.05) is 12.1 Å². The predicted molar refractivity (Wildman–Crippen MR) is 71.9 cm³/mol. The highest BCUT2D eigenvalue weighted by molar-refractivity contribution is 7.89. The lowest BCUT2D eigenvalue weighted by molar-refractivity contribution is 0.270. The van der Waals surface area contributed by atoms with Crippen LogP contribution in [-0.4, -0.2) is 29.9 Å². The van der Waals surface area contributed by atoms with Gasteiger partial charge in [0.25, 0.3) is 0 Å². The molecule has 0 aromatic heterocycles. The van der Waals surface area contributed by atoms with E-state index in [-0.39, 0.29) is 17.2 Å². The zero-order valence-electron chi connectivity index (χ0n) is 10.9. The molecule has 0 radical (unpaired) electrons. The fourth-order valence-corrected chi connectivity index (χ4v) is 3.35. The molecule has 0 aliphatic heterocycles. The quantitative estimate of drug-likeness (QED) is 0.854. The van der Waals surface area contributed by atoms with Crippen molar-refractivity contribution in [2.45, 2.75) is 31.2 Å². The number of hydrogen-bond donors (Lipinski definition) is 1. The highest BCUT2D eigenvalue weighted by Crippen LogP contribution is 2.25. The van der Waals surface area contributed by atoms with Gasteiger partial charge in [0.1, 0.15) is 5.75 Å². The number of aromatic hydroxyl groups is 1. The van der Waals surface area contributed by atoms with Gasteiger partial charge in [0.15, 0.2) is 0 Å². The predicted octanol–water partition coefficient (Wildman–Crippen LogP) is 2.37. The van der Waals surface area contributed by atoms with Gasteiger partial charge in [-0.2, -0.15) is 4.31 Å². The van der Waals surface area contributed by atoms with E-state index in [1.54, 1.807) is 6.08 Å². The van der Waals surface area contributed by atoms with Crippen LogP contribution in [0.4, 0.5) is 0 Å². The molecule has 0 aliphatic carbocycles. The van der Waals surface area contributed by atoms with E-state index in [9.17, 15) is 13.5 Å². The van der Waals surface area contributed by atoms with E-state index >= 15 is 0 Å². The van der Waals surface area contributed by atoms with Gasteiger partial charge < -0.3 is 5.11 Å². The summed E-state index contributed by atoms with van der Waals surface area (Å²) in [6, 6.07) is 5.52. The second-order valence-electron chi connectivity index (χ2n) is 4.99. The van der Waals surface area contributed by atoms with Crippen LogP contribution in [0.5, 0.6) is 5.75 Å². The average molecular weight is 269 g/mol. The van der Waals surface area contributed by atoms with E-state index in [1.165, 1.54) is 28.6 Å². The Bertz CT molecular complexity index is 512. The van der Waals surface area contributed by atoms with E-state index < -0.39 is 15.6 Å². The third-order valence-electron chi connectivity index (χ3n) is 2.47. The minimum atomic E-state index is -3.59. The molecule has 0 fully saturated rings. The van der Waals surface area contributed by atoms with Crippen molar-refractivity contribution >= 4 is 10.0 Å². The van der Waals surface area contributed by atoms with Crippen LogP contribution in [0.25, 0.3) is 0 Å². The molecular formula is C13H19NO3S. The Kier molecular flexibility index (Phi) is 4.19. The average Bonchev–Trinajstić information content (AvgIpc) is 2.24. The van der Waals surface area contributed by atoms with Gasteiger partial charge in [-0.25, -0.2) is 8.42 Å². The van der Waals surface area contributed by atoms with Crippen molar-refractivity contribution in [1.29, 1.82) is 0 Å². The van der Waals surface area contributed by atoms with Gasteiger partial charge >= 0.3 is 0 Å². The van der Waals surface area contributed by atoms with Crippen LogP contribution in [0.3, 0.4) is 0 Å². The Morgan fingerprint density at radius 3 is 2.17 bits per heavy atom. The highest BCUT2D eigenvalue weighted by Gasteiger charge is 2.32. The van der Waals surface area contributed by atoms with Crippen LogP contribution in [0.2, 0.25) is 0 Å². The normalized spacial score (nSPS) is 12.7. The molecule has 1 aromatic rings. The third-order valence-corrected chi connectivity index (χ3v) is 4.61. The topological polar surface area (TPSA) is 57.6 Å². The largest absolute Gasteiger partial charge is 0.508 e. The molecule has 0 heterocycles. The molecule has 0 amide bonds. The minimum absolute atomic E-state index is 0.0416. The first-order chi connectivity index (χ1) is 8.19. The zero-order valence-corrected chi connectivity index (χ0v) is 11.7. The molecule has 5 heteroatoms. The van der Waals surface area contributed by atoms with Crippen molar-refractivity contribution in [1.82, 2.24) is 4.31 Å². The second kappa shape index (κ2) is 5.12. The first-order valence-electron chi connectivity index (χ1n) is 5.62. The Hall–Kier alpha value is -1.33.